The highest BCUT2D eigenvalue weighted by Crippen LogP contribution is 2.23. The van der Waals surface area contributed by atoms with Crippen LogP contribution in [0.5, 0.6) is 5.75 Å². The SMILES string of the molecule is CC[C@@H](/C=C/C(=O)Nc1ccc(OC)cc1)NC(=O)[C@@H]1CCN1OC(=O)C(F)(F)F. The zero-order valence-electron chi connectivity index (χ0n) is 16.4. The van der Waals surface area contributed by atoms with E-state index >= 15 is 0 Å². The molecule has 1 saturated heterocycles. The Morgan fingerprint density at radius 3 is 2.43 bits per heavy atom. The first kappa shape index (κ1) is 23.2. The van der Waals surface area contributed by atoms with Crippen LogP contribution < -0.4 is 15.4 Å². The summed E-state index contributed by atoms with van der Waals surface area (Å²) < 4.78 is 41.9. The predicted octanol–water partition coefficient (Wildman–Crippen LogP) is 2.18. The molecule has 2 atom stereocenters. The molecule has 1 fully saturated rings. The molecule has 2 N–H and O–H groups in total. The van der Waals surface area contributed by atoms with E-state index < -0.39 is 36.0 Å². The average Bonchev–Trinajstić information content (AvgIpc) is 2.67. The van der Waals surface area contributed by atoms with Crippen molar-refractivity contribution in [2.24, 2.45) is 0 Å². The van der Waals surface area contributed by atoms with Crippen LogP contribution in [0.25, 0.3) is 0 Å². The van der Waals surface area contributed by atoms with E-state index in [1.807, 2.05) is 0 Å². The summed E-state index contributed by atoms with van der Waals surface area (Å²) in [5, 5.41) is 5.95. The number of carbonyl (C=O) groups is 3. The van der Waals surface area contributed by atoms with E-state index in [0.29, 0.717) is 22.9 Å². The second-order valence-electron chi connectivity index (χ2n) is 6.42. The summed E-state index contributed by atoms with van der Waals surface area (Å²) in [5.74, 6) is -2.74. The van der Waals surface area contributed by atoms with Gasteiger partial charge in [0.05, 0.1) is 7.11 Å². The van der Waals surface area contributed by atoms with Gasteiger partial charge in [0.1, 0.15) is 11.8 Å². The number of ether oxygens (including phenoxy) is 1. The van der Waals surface area contributed by atoms with Gasteiger partial charge < -0.3 is 20.2 Å². The number of nitrogens with zero attached hydrogens (tertiary/aromatic N) is 1. The Labute approximate surface area is 171 Å². The molecule has 0 spiro atoms. The number of nitrogens with one attached hydrogen (secondary N) is 2. The highest BCUT2D eigenvalue weighted by atomic mass is 19.4. The molecule has 0 radical (unpaired) electrons. The zero-order valence-corrected chi connectivity index (χ0v) is 16.4. The summed E-state index contributed by atoms with van der Waals surface area (Å²) >= 11 is 0. The molecule has 0 bridgehead atoms. The minimum atomic E-state index is -5.14. The van der Waals surface area contributed by atoms with Crippen LogP contribution in [0.4, 0.5) is 18.9 Å². The molecule has 1 aromatic rings. The predicted molar refractivity (Wildman–Crippen MR) is 100 cm³/mol. The van der Waals surface area contributed by atoms with Crippen molar-refractivity contribution in [1.82, 2.24) is 10.4 Å². The monoisotopic (exact) mass is 429 g/mol. The molecule has 0 aliphatic carbocycles. The van der Waals surface area contributed by atoms with Gasteiger partial charge >= 0.3 is 12.1 Å². The minimum Gasteiger partial charge on any atom is -0.497 e. The first-order valence-corrected chi connectivity index (χ1v) is 9.13. The fourth-order valence-corrected chi connectivity index (χ4v) is 2.52. The standard InChI is InChI=1S/C19H22F3N3O5/c1-3-12(6-9-16(26)23-13-4-7-14(29-2)8-5-13)24-17(27)15-10-11-25(15)30-18(28)19(20,21)22/h4-9,12,15H,3,10-11H2,1-2H3,(H,23,26)(H,24,27)/b9-6+/t12-,15-/m0/s1. The summed E-state index contributed by atoms with van der Waals surface area (Å²) in [5.41, 5.74) is 0.555. The van der Waals surface area contributed by atoms with E-state index in [2.05, 4.69) is 15.5 Å². The lowest BCUT2D eigenvalue weighted by Crippen LogP contribution is -2.58. The lowest BCUT2D eigenvalue weighted by Gasteiger charge is -2.37. The zero-order chi connectivity index (χ0) is 22.3. The Bertz CT molecular complexity index is 796. The Morgan fingerprint density at radius 2 is 1.93 bits per heavy atom. The Balaban J connectivity index is 1.85. The van der Waals surface area contributed by atoms with E-state index in [0.717, 1.165) is 0 Å². The summed E-state index contributed by atoms with van der Waals surface area (Å²) in [6, 6.07) is 5.16. The van der Waals surface area contributed by atoms with Crippen molar-refractivity contribution in [1.29, 1.82) is 0 Å². The summed E-state index contributed by atoms with van der Waals surface area (Å²) in [6.45, 7) is 1.79. The van der Waals surface area contributed by atoms with E-state index in [9.17, 15) is 27.6 Å². The lowest BCUT2D eigenvalue weighted by molar-refractivity contribution is -0.261. The molecule has 0 saturated carbocycles. The van der Waals surface area contributed by atoms with Crippen molar-refractivity contribution in [2.75, 3.05) is 19.0 Å². The van der Waals surface area contributed by atoms with Gasteiger partial charge in [-0.25, -0.2) is 4.79 Å². The third kappa shape index (κ3) is 6.48. The number of amides is 2. The number of benzene rings is 1. The maximum absolute atomic E-state index is 12.3. The average molecular weight is 429 g/mol. The maximum Gasteiger partial charge on any atom is 0.492 e. The van der Waals surface area contributed by atoms with Crippen LogP contribution in [-0.4, -0.2) is 54.8 Å². The van der Waals surface area contributed by atoms with E-state index in [1.54, 1.807) is 31.2 Å². The normalized spacial score (nSPS) is 17.7. The second kappa shape index (κ2) is 10.1. The van der Waals surface area contributed by atoms with Gasteiger partial charge in [0.2, 0.25) is 11.8 Å². The fourth-order valence-electron chi connectivity index (χ4n) is 2.52. The molecule has 11 heteroatoms. The third-order valence-electron chi connectivity index (χ3n) is 4.31. The molecule has 1 heterocycles. The van der Waals surface area contributed by atoms with Gasteiger partial charge in [-0.05, 0) is 37.1 Å². The Hall–Kier alpha value is -3.08. The molecule has 1 aromatic carbocycles. The van der Waals surface area contributed by atoms with Crippen LogP contribution in [0.15, 0.2) is 36.4 Å². The van der Waals surface area contributed by atoms with Crippen molar-refractivity contribution < 1.29 is 37.1 Å². The molecule has 1 aliphatic heterocycles. The Kier molecular flexibility index (Phi) is 7.81. The van der Waals surface area contributed by atoms with Crippen molar-refractivity contribution in [3.63, 3.8) is 0 Å². The molecule has 2 rings (SSSR count). The van der Waals surface area contributed by atoms with Crippen LogP contribution in [-0.2, 0) is 19.2 Å². The molecule has 1 aliphatic rings. The number of alkyl halides is 3. The van der Waals surface area contributed by atoms with Crippen LogP contribution in [0.3, 0.4) is 0 Å². The number of hydroxylamine groups is 2. The smallest absolute Gasteiger partial charge is 0.492 e. The van der Waals surface area contributed by atoms with Crippen molar-refractivity contribution in [3.05, 3.63) is 36.4 Å². The highest BCUT2D eigenvalue weighted by Gasteiger charge is 2.46. The molecule has 164 valence electrons. The van der Waals surface area contributed by atoms with Gasteiger partial charge in [0, 0.05) is 24.4 Å². The number of rotatable bonds is 8. The summed E-state index contributed by atoms with van der Waals surface area (Å²) in [6.07, 6.45) is -1.73. The van der Waals surface area contributed by atoms with Crippen molar-refractivity contribution >= 4 is 23.5 Å². The van der Waals surface area contributed by atoms with Gasteiger partial charge in [-0.1, -0.05) is 13.0 Å². The highest BCUT2D eigenvalue weighted by molar-refractivity contribution is 5.99. The molecule has 8 nitrogen and oxygen atoms in total. The van der Waals surface area contributed by atoms with Crippen molar-refractivity contribution in [2.45, 2.75) is 38.0 Å². The van der Waals surface area contributed by atoms with Crippen LogP contribution in [0.2, 0.25) is 0 Å². The van der Waals surface area contributed by atoms with Gasteiger partial charge in [-0.3, -0.25) is 9.59 Å². The largest absolute Gasteiger partial charge is 0.497 e. The topological polar surface area (TPSA) is 97.0 Å². The molecule has 30 heavy (non-hydrogen) atoms. The van der Waals surface area contributed by atoms with E-state index in [-0.39, 0.29) is 13.0 Å². The minimum absolute atomic E-state index is 0.0246. The molecule has 0 aromatic heterocycles. The number of hydrogen-bond donors (Lipinski definition) is 2. The molecule has 0 unspecified atom stereocenters. The van der Waals surface area contributed by atoms with Crippen LogP contribution in [0, 0.1) is 0 Å². The van der Waals surface area contributed by atoms with E-state index in [4.69, 9.17) is 4.74 Å². The Morgan fingerprint density at radius 1 is 1.27 bits per heavy atom. The first-order valence-electron chi connectivity index (χ1n) is 9.13. The summed E-state index contributed by atoms with van der Waals surface area (Å²) in [7, 11) is 1.53. The van der Waals surface area contributed by atoms with Gasteiger partial charge in [-0.15, -0.1) is 5.06 Å². The van der Waals surface area contributed by atoms with Gasteiger partial charge in [0.25, 0.3) is 0 Å². The fraction of sp³-hybridized carbons (Fsp3) is 0.421. The second-order valence-corrected chi connectivity index (χ2v) is 6.42. The maximum atomic E-state index is 12.3. The van der Waals surface area contributed by atoms with Crippen molar-refractivity contribution in [3.8, 4) is 5.75 Å². The summed E-state index contributed by atoms with van der Waals surface area (Å²) in [4.78, 5) is 39.4. The molecular formula is C19H22F3N3O5. The van der Waals surface area contributed by atoms with Gasteiger partial charge in [0.15, 0.2) is 0 Å². The molecular weight excluding hydrogens is 407 g/mol. The lowest BCUT2D eigenvalue weighted by atomic mass is 10.0. The number of anilines is 1. The van der Waals surface area contributed by atoms with Gasteiger partial charge in [-0.2, -0.15) is 13.2 Å². The number of carbonyl (C=O) groups excluding carboxylic acids is 3. The van der Waals surface area contributed by atoms with Crippen LogP contribution in [0.1, 0.15) is 19.8 Å². The first-order chi connectivity index (χ1) is 14.1. The third-order valence-corrected chi connectivity index (χ3v) is 4.31. The van der Waals surface area contributed by atoms with E-state index in [1.165, 1.54) is 19.3 Å². The van der Waals surface area contributed by atoms with Crippen LogP contribution >= 0.6 is 0 Å². The molecule has 2 amide bonds. The number of methoxy groups -OCH3 is 1. The quantitative estimate of drug-likeness (QED) is 0.615. The number of hydrogen-bond acceptors (Lipinski definition) is 6. The number of halogens is 3.